The highest BCUT2D eigenvalue weighted by atomic mass is 16.5. The molecule has 0 radical (unpaired) electrons. The lowest BCUT2D eigenvalue weighted by Gasteiger charge is -2.29. The predicted octanol–water partition coefficient (Wildman–Crippen LogP) is 2.53. The van der Waals surface area contributed by atoms with E-state index in [2.05, 4.69) is 45.0 Å². The van der Waals surface area contributed by atoms with Crippen molar-refractivity contribution in [3.8, 4) is 5.75 Å². The molecule has 0 saturated heterocycles. The van der Waals surface area contributed by atoms with Crippen LogP contribution in [0.4, 0.5) is 0 Å². The Hall–Kier alpha value is -1.02. The first-order chi connectivity index (χ1) is 6.95. The van der Waals surface area contributed by atoms with Gasteiger partial charge in [-0.05, 0) is 31.8 Å². The van der Waals surface area contributed by atoms with Crippen LogP contribution in [0.15, 0.2) is 24.3 Å². The van der Waals surface area contributed by atoms with Crippen molar-refractivity contribution in [1.82, 2.24) is 4.90 Å². The van der Waals surface area contributed by atoms with E-state index in [1.807, 2.05) is 12.1 Å². The van der Waals surface area contributed by atoms with E-state index in [0.29, 0.717) is 0 Å². The van der Waals surface area contributed by atoms with Crippen molar-refractivity contribution in [2.75, 3.05) is 27.7 Å². The van der Waals surface area contributed by atoms with E-state index < -0.39 is 0 Å². The van der Waals surface area contributed by atoms with Crippen molar-refractivity contribution < 1.29 is 4.74 Å². The first kappa shape index (κ1) is 12.1. The summed E-state index contributed by atoms with van der Waals surface area (Å²) in [5.41, 5.74) is 1.47. The molecule has 1 aromatic carbocycles. The molecule has 84 valence electrons. The van der Waals surface area contributed by atoms with Gasteiger partial charge in [0.05, 0.1) is 7.11 Å². The van der Waals surface area contributed by atoms with Crippen LogP contribution in [0.2, 0.25) is 0 Å². The van der Waals surface area contributed by atoms with Crippen molar-refractivity contribution in [2.24, 2.45) is 0 Å². The Balaban J connectivity index is 2.93. The third-order valence-corrected chi connectivity index (χ3v) is 2.56. The van der Waals surface area contributed by atoms with Gasteiger partial charge in [0.15, 0.2) is 0 Å². The van der Waals surface area contributed by atoms with Crippen LogP contribution in [0.3, 0.4) is 0 Å². The zero-order valence-electron chi connectivity index (χ0n) is 10.4. The molecule has 0 aromatic heterocycles. The summed E-state index contributed by atoms with van der Waals surface area (Å²) in [5, 5.41) is 0. The molecule has 0 bridgehead atoms. The molecule has 0 aliphatic heterocycles. The minimum Gasteiger partial charge on any atom is -0.497 e. The molecule has 0 spiro atoms. The maximum Gasteiger partial charge on any atom is 0.119 e. The van der Waals surface area contributed by atoms with Crippen LogP contribution >= 0.6 is 0 Å². The summed E-state index contributed by atoms with van der Waals surface area (Å²) in [7, 11) is 5.90. The number of ether oxygens (including phenoxy) is 1. The van der Waals surface area contributed by atoms with E-state index in [0.717, 1.165) is 12.3 Å². The van der Waals surface area contributed by atoms with E-state index in [-0.39, 0.29) is 5.41 Å². The van der Waals surface area contributed by atoms with Gasteiger partial charge in [0.1, 0.15) is 5.75 Å². The Labute approximate surface area is 92.9 Å². The van der Waals surface area contributed by atoms with Gasteiger partial charge in [-0.15, -0.1) is 0 Å². The molecule has 0 aliphatic carbocycles. The lowest BCUT2D eigenvalue weighted by Crippen LogP contribution is -2.32. The van der Waals surface area contributed by atoms with Gasteiger partial charge in [-0.25, -0.2) is 0 Å². The minimum atomic E-state index is 0.151. The third-order valence-electron chi connectivity index (χ3n) is 2.56. The van der Waals surface area contributed by atoms with Crippen LogP contribution in [0, 0.1) is 0 Å². The summed E-state index contributed by atoms with van der Waals surface area (Å²) >= 11 is 0. The smallest absolute Gasteiger partial charge is 0.119 e. The molecular weight excluding hydrogens is 186 g/mol. The molecule has 2 heteroatoms. The number of benzene rings is 1. The van der Waals surface area contributed by atoms with Crippen LogP contribution in [-0.4, -0.2) is 32.6 Å². The van der Waals surface area contributed by atoms with E-state index in [9.17, 15) is 0 Å². The van der Waals surface area contributed by atoms with Gasteiger partial charge in [-0.1, -0.05) is 26.0 Å². The van der Waals surface area contributed by atoms with E-state index in [1.165, 1.54) is 5.56 Å². The number of hydrogen-bond acceptors (Lipinski definition) is 2. The molecule has 0 atom stereocenters. The average Bonchev–Trinajstić information content (AvgIpc) is 2.16. The number of methoxy groups -OCH3 is 1. The van der Waals surface area contributed by atoms with E-state index in [4.69, 9.17) is 4.74 Å². The molecular formula is C13H21NO. The number of rotatable bonds is 4. The molecule has 2 nitrogen and oxygen atoms in total. The zero-order valence-corrected chi connectivity index (χ0v) is 10.4. The van der Waals surface area contributed by atoms with Crippen LogP contribution in [0.1, 0.15) is 19.4 Å². The van der Waals surface area contributed by atoms with E-state index in [1.54, 1.807) is 7.11 Å². The molecule has 1 rings (SSSR count). The molecule has 0 amide bonds. The van der Waals surface area contributed by atoms with Crippen molar-refractivity contribution in [2.45, 2.75) is 19.3 Å². The number of likely N-dealkylation sites (N-methyl/N-ethyl adjacent to an activating group) is 1. The van der Waals surface area contributed by atoms with Gasteiger partial charge in [0.25, 0.3) is 0 Å². The molecule has 0 unspecified atom stereocenters. The normalized spacial score (nSPS) is 11.9. The molecule has 0 aliphatic rings. The Morgan fingerprint density at radius 2 is 1.93 bits per heavy atom. The maximum atomic E-state index is 5.24. The summed E-state index contributed by atoms with van der Waals surface area (Å²) in [6.45, 7) is 5.53. The van der Waals surface area contributed by atoms with Crippen molar-refractivity contribution in [1.29, 1.82) is 0 Å². The SMILES string of the molecule is COc1cccc(C(C)(C)CN(C)C)c1. The standard InChI is InChI=1S/C13H21NO/c1-13(2,10-14(3)4)11-7-6-8-12(9-11)15-5/h6-9H,10H2,1-5H3. The quantitative estimate of drug-likeness (QED) is 0.752. The van der Waals surface area contributed by atoms with Crippen molar-refractivity contribution in [3.05, 3.63) is 29.8 Å². The predicted molar refractivity (Wildman–Crippen MR) is 64.6 cm³/mol. The first-order valence-electron chi connectivity index (χ1n) is 5.25. The minimum absolute atomic E-state index is 0.151. The molecule has 0 heterocycles. The van der Waals surface area contributed by atoms with Gasteiger partial charge in [0.2, 0.25) is 0 Å². The Kier molecular flexibility index (Phi) is 3.75. The van der Waals surface area contributed by atoms with E-state index >= 15 is 0 Å². The fourth-order valence-electron chi connectivity index (χ4n) is 1.93. The largest absolute Gasteiger partial charge is 0.497 e. The summed E-state index contributed by atoms with van der Waals surface area (Å²) in [6.07, 6.45) is 0. The van der Waals surface area contributed by atoms with Crippen LogP contribution in [0.5, 0.6) is 5.75 Å². The second-order valence-electron chi connectivity index (χ2n) is 4.85. The van der Waals surface area contributed by atoms with Gasteiger partial charge < -0.3 is 9.64 Å². The van der Waals surface area contributed by atoms with Gasteiger partial charge in [-0.2, -0.15) is 0 Å². The molecule has 15 heavy (non-hydrogen) atoms. The topological polar surface area (TPSA) is 12.5 Å². The summed E-state index contributed by atoms with van der Waals surface area (Å²) in [6, 6.07) is 8.30. The zero-order chi connectivity index (χ0) is 11.5. The van der Waals surface area contributed by atoms with Gasteiger partial charge >= 0.3 is 0 Å². The fraction of sp³-hybridized carbons (Fsp3) is 0.538. The van der Waals surface area contributed by atoms with Crippen LogP contribution in [-0.2, 0) is 5.41 Å². The highest BCUT2D eigenvalue weighted by Gasteiger charge is 2.21. The number of nitrogens with zero attached hydrogens (tertiary/aromatic N) is 1. The van der Waals surface area contributed by atoms with Crippen molar-refractivity contribution in [3.63, 3.8) is 0 Å². The molecule has 0 N–H and O–H groups in total. The summed E-state index contributed by atoms with van der Waals surface area (Å²) in [4.78, 5) is 2.21. The Morgan fingerprint density at radius 3 is 2.47 bits per heavy atom. The Morgan fingerprint density at radius 1 is 1.27 bits per heavy atom. The third kappa shape index (κ3) is 3.24. The van der Waals surface area contributed by atoms with Crippen LogP contribution < -0.4 is 4.74 Å². The molecule has 0 saturated carbocycles. The average molecular weight is 207 g/mol. The summed E-state index contributed by atoms with van der Waals surface area (Å²) < 4.78 is 5.24. The monoisotopic (exact) mass is 207 g/mol. The lowest BCUT2D eigenvalue weighted by atomic mass is 9.84. The van der Waals surface area contributed by atoms with Gasteiger partial charge in [0, 0.05) is 12.0 Å². The molecule has 1 aromatic rings. The lowest BCUT2D eigenvalue weighted by molar-refractivity contribution is 0.314. The second-order valence-corrected chi connectivity index (χ2v) is 4.85. The van der Waals surface area contributed by atoms with Gasteiger partial charge in [-0.3, -0.25) is 0 Å². The van der Waals surface area contributed by atoms with Crippen molar-refractivity contribution >= 4 is 0 Å². The molecule has 0 fully saturated rings. The van der Waals surface area contributed by atoms with Crippen LogP contribution in [0.25, 0.3) is 0 Å². The first-order valence-corrected chi connectivity index (χ1v) is 5.25. The highest BCUT2D eigenvalue weighted by molar-refractivity contribution is 5.33. The number of hydrogen-bond donors (Lipinski definition) is 0. The highest BCUT2D eigenvalue weighted by Crippen LogP contribution is 2.26. The summed E-state index contributed by atoms with van der Waals surface area (Å²) in [5.74, 6) is 0.930. The second kappa shape index (κ2) is 4.67. The maximum absolute atomic E-state index is 5.24. The fourth-order valence-corrected chi connectivity index (χ4v) is 1.93. The Bertz CT molecular complexity index is 318.